The van der Waals surface area contributed by atoms with E-state index in [-0.39, 0.29) is 17.3 Å². The molecule has 0 saturated carbocycles. The molecule has 0 saturated heterocycles. The number of hydrogen-bond donors (Lipinski definition) is 2. The summed E-state index contributed by atoms with van der Waals surface area (Å²) in [5, 5.41) is 20.4. The van der Waals surface area contributed by atoms with E-state index in [9.17, 15) is 19.8 Å². The summed E-state index contributed by atoms with van der Waals surface area (Å²) in [6.45, 7) is 1.32. The van der Waals surface area contributed by atoms with Crippen molar-refractivity contribution in [3.63, 3.8) is 0 Å². The quantitative estimate of drug-likeness (QED) is 0.378. The van der Waals surface area contributed by atoms with Gasteiger partial charge in [-0.15, -0.1) is 0 Å². The summed E-state index contributed by atoms with van der Waals surface area (Å²) in [7, 11) is 0. The second-order valence-electron chi connectivity index (χ2n) is 7.16. The van der Waals surface area contributed by atoms with Gasteiger partial charge in [-0.2, -0.15) is 0 Å². The number of rotatable bonds is 4. The molecule has 150 valence electrons. The largest absolute Gasteiger partial charge is 0.508 e. The third-order valence-electron chi connectivity index (χ3n) is 5.13. The molecule has 0 spiro atoms. The Labute approximate surface area is 173 Å². The highest BCUT2D eigenvalue weighted by molar-refractivity contribution is 6.15. The number of carbonyl (C=O) groups excluding carboxylic acids is 2. The van der Waals surface area contributed by atoms with Crippen molar-refractivity contribution in [2.45, 2.75) is 19.8 Å². The first-order valence-electron chi connectivity index (χ1n) is 9.61. The van der Waals surface area contributed by atoms with Crippen LogP contribution in [0.15, 0.2) is 72.3 Å². The van der Waals surface area contributed by atoms with Crippen LogP contribution >= 0.6 is 0 Å². The maximum atomic E-state index is 13.4. The molecule has 3 aromatic carbocycles. The normalized spacial score (nSPS) is 13.0. The van der Waals surface area contributed by atoms with Crippen LogP contribution in [0.25, 0.3) is 5.57 Å². The summed E-state index contributed by atoms with van der Waals surface area (Å²) in [6, 6.07) is 18.4. The number of allylic oxidation sites excluding steroid dienone is 1. The number of aromatic hydroxyl groups is 2. The molecule has 0 bridgehead atoms. The maximum absolute atomic E-state index is 13.4. The van der Waals surface area contributed by atoms with E-state index in [2.05, 4.69) is 0 Å². The van der Waals surface area contributed by atoms with E-state index in [0.29, 0.717) is 40.9 Å². The molecular weight excluding hydrogens is 380 g/mol. The molecule has 1 aliphatic rings. The smallest absolute Gasteiger partial charge is 0.308 e. The minimum absolute atomic E-state index is 0.0870. The Bertz CT molecular complexity index is 1170. The fourth-order valence-corrected chi connectivity index (χ4v) is 3.81. The Hall–Kier alpha value is -3.86. The summed E-state index contributed by atoms with van der Waals surface area (Å²) in [5.41, 5.74) is 4.05. The molecule has 3 aromatic rings. The van der Waals surface area contributed by atoms with Crippen molar-refractivity contribution < 1.29 is 24.5 Å². The van der Waals surface area contributed by atoms with Crippen LogP contribution in [0.2, 0.25) is 0 Å². The van der Waals surface area contributed by atoms with Crippen LogP contribution in [0.3, 0.4) is 0 Å². The first-order chi connectivity index (χ1) is 14.4. The molecule has 4 rings (SSSR count). The van der Waals surface area contributed by atoms with Crippen LogP contribution < -0.4 is 4.74 Å². The van der Waals surface area contributed by atoms with Gasteiger partial charge in [-0.05, 0) is 72.0 Å². The van der Waals surface area contributed by atoms with E-state index in [4.69, 9.17) is 4.74 Å². The standard InChI is InChI=1S/C25H20O5/c1-15(26)30-19-10-6-16(7-11-19)25(29)22-12-8-17-14-18(27)9-13-20(17)24(22)21-4-2-3-5-23(21)28/h2-7,9-11,13-14,27-28H,8,12H2,1H3. The predicted molar refractivity (Wildman–Crippen MR) is 113 cm³/mol. The van der Waals surface area contributed by atoms with Gasteiger partial charge in [0.15, 0.2) is 5.78 Å². The third-order valence-corrected chi connectivity index (χ3v) is 5.13. The summed E-state index contributed by atoms with van der Waals surface area (Å²) in [5.74, 6) is 0.0516. The molecule has 1 aliphatic carbocycles. The summed E-state index contributed by atoms with van der Waals surface area (Å²) in [4.78, 5) is 24.5. The number of hydrogen-bond acceptors (Lipinski definition) is 5. The molecular formula is C25H20O5. The Balaban J connectivity index is 1.84. The number of carbonyl (C=O) groups is 2. The summed E-state index contributed by atoms with van der Waals surface area (Å²) < 4.78 is 5.04. The number of esters is 1. The van der Waals surface area contributed by atoms with E-state index in [1.54, 1.807) is 60.7 Å². The molecule has 0 amide bonds. The lowest BCUT2D eigenvalue weighted by molar-refractivity contribution is -0.131. The Morgan fingerprint density at radius 3 is 2.30 bits per heavy atom. The molecule has 30 heavy (non-hydrogen) atoms. The van der Waals surface area contributed by atoms with Crippen molar-refractivity contribution in [2.75, 3.05) is 0 Å². The van der Waals surface area contributed by atoms with Crippen molar-refractivity contribution in [1.82, 2.24) is 0 Å². The fraction of sp³-hybridized carbons (Fsp3) is 0.120. The molecule has 5 heteroatoms. The molecule has 0 aliphatic heterocycles. The zero-order valence-corrected chi connectivity index (χ0v) is 16.4. The highest BCUT2D eigenvalue weighted by Gasteiger charge is 2.27. The Kier molecular flexibility index (Phi) is 5.11. The maximum Gasteiger partial charge on any atom is 0.308 e. The third kappa shape index (κ3) is 3.70. The highest BCUT2D eigenvalue weighted by Crippen LogP contribution is 2.41. The van der Waals surface area contributed by atoms with Gasteiger partial charge >= 0.3 is 5.97 Å². The topological polar surface area (TPSA) is 83.8 Å². The number of para-hydroxylation sites is 1. The van der Waals surface area contributed by atoms with E-state index in [1.807, 2.05) is 6.07 Å². The Morgan fingerprint density at radius 1 is 0.867 bits per heavy atom. The predicted octanol–water partition coefficient (Wildman–Crippen LogP) is 4.65. The SMILES string of the molecule is CC(=O)Oc1ccc(C(=O)C2=C(c3ccccc3O)c3ccc(O)cc3CC2)cc1. The zero-order valence-electron chi connectivity index (χ0n) is 16.4. The number of ketones is 1. The fourth-order valence-electron chi connectivity index (χ4n) is 3.81. The van der Waals surface area contributed by atoms with Crippen LogP contribution in [-0.2, 0) is 11.2 Å². The van der Waals surface area contributed by atoms with Crippen molar-refractivity contribution in [1.29, 1.82) is 0 Å². The van der Waals surface area contributed by atoms with Crippen molar-refractivity contribution in [3.8, 4) is 17.2 Å². The van der Waals surface area contributed by atoms with Gasteiger partial charge in [-0.3, -0.25) is 9.59 Å². The molecule has 0 unspecified atom stereocenters. The first-order valence-corrected chi connectivity index (χ1v) is 9.61. The Morgan fingerprint density at radius 2 is 1.60 bits per heavy atom. The van der Waals surface area contributed by atoms with Gasteiger partial charge in [-0.25, -0.2) is 0 Å². The zero-order chi connectivity index (χ0) is 21.3. The number of benzene rings is 3. The molecule has 0 heterocycles. The molecule has 0 atom stereocenters. The molecule has 0 aromatic heterocycles. The number of fused-ring (bicyclic) bond motifs is 1. The van der Waals surface area contributed by atoms with Crippen molar-refractivity contribution in [2.24, 2.45) is 0 Å². The second kappa shape index (κ2) is 7.87. The van der Waals surface area contributed by atoms with Crippen LogP contribution in [0.4, 0.5) is 0 Å². The van der Waals surface area contributed by atoms with Crippen LogP contribution in [0, 0.1) is 0 Å². The molecule has 5 nitrogen and oxygen atoms in total. The summed E-state index contributed by atoms with van der Waals surface area (Å²) >= 11 is 0. The second-order valence-corrected chi connectivity index (χ2v) is 7.16. The molecule has 2 N–H and O–H groups in total. The lowest BCUT2D eigenvalue weighted by Crippen LogP contribution is -2.14. The van der Waals surface area contributed by atoms with Crippen molar-refractivity contribution in [3.05, 3.63) is 94.6 Å². The highest BCUT2D eigenvalue weighted by atomic mass is 16.5. The van der Waals surface area contributed by atoms with Gasteiger partial charge in [0.2, 0.25) is 0 Å². The van der Waals surface area contributed by atoms with Crippen LogP contribution in [-0.4, -0.2) is 22.0 Å². The van der Waals surface area contributed by atoms with E-state index >= 15 is 0 Å². The van der Waals surface area contributed by atoms with Crippen LogP contribution in [0.1, 0.15) is 40.4 Å². The average Bonchev–Trinajstić information content (AvgIpc) is 2.73. The van der Waals surface area contributed by atoms with Gasteiger partial charge in [0.05, 0.1) is 0 Å². The number of phenols is 2. The van der Waals surface area contributed by atoms with Gasteiger partial charge in [-0.1, -0.05) is 24.3 Å². The first kappa shape index (κ1) is 19.5. The lowest BCUT2D eigenvalue weighted by atomic mass is 9.79. The number of Topliss-reactive ketones (excluding diaryl/α,β-unsaturated/α-hetero) is 1. The van der Waals surface area contributed by atoms with Crippen molar-refractivity contribution >= 4 is 17.3 Å². The summed E-state index contributed by atoms with van der Waals surface area (Å²) in [6.07, 6.45) is 1.08. The van der Waals surface area contributed by atoms with Gasteiger partial charge in [0.25, 0.3) is 0 Å². The van der Waals surface area contributed by atoms with E-state index in [1.165, 1.54) is 6.92 Å². The minimum Gasteiger partial charge on any atom is -0.508 e. The monoisotopic (exact) mass is 400 g/mol. The van der Waals surface area contributed by atoms with E-state index in [0.717, 1.165) is 11.1 Å². The molecule has 0 radical (unpaired) electrons. The number of aryl methyl sites for hydroxylation is 1. The minimum atomic E-state index is -0.425. The average molecular weight is 400 g/mol. The molecule has 0 fully saturated rings. The van der Waals surface area contributed by atoms with Crippen LogP contribution in [0.5, 0.6) is 17.2 Å². The van der Waals surface area contributed by atoms with Gasteiger partial charge < -0.3 is 14.9 Å². The number of ether oxygens (including phenoxy) is 1. The lowest BCUT2D eigenvalue weighted by Gasteiger charge is -2.24. The van der Waals surface area contributed by atoms with E-state index < -0.39 is 5.97 Å². The number of phenolic OH excluding ortho intramolecular Hbond substituents is 2. The van der Waals surface area contributed by atoms with Gasteiger partial charge in [0, 0.05) is 23.6 Å². The van der Waals surface area contributed by atoms with Gasteiger partial charge in [0.1, 0.15) is 17.2 Å².